The van der Waals surface area contributed by atoms with E-state index in [9.17, 15) is 13.2 Å². The molecule has 1 amide bonds. The molecular weight excluding hydrogens is 424 g/mol. The molecule has 0 heterocycles. The molecule has 1 unspecified atom stereocenters. The summed E-state index contributed by atoms with van der Waals surface area (Å²) >= 11 is 0. The lowest BCUT2D eigenvalue weighted by molar-refractivity contribution is -0.122. The number of ether oxygens (including phenoxy) is 1. The predicted molar refractivity (Wildman–Crippen MR) is 128 cm³/mol. The van der Waals surface area contributed by atoms with Gasteiger partial charge < -0.3 is 10.1 Å². The van der Waals surface area contributed by atoms with Crippen LogP contribution in [-0.4, -0.2) is 20.4 Å². The molecule has 0 radical (unpaired) electrons. The topological polar surface area (TPSA) is 84.5 Å². The number of hydrogen-bond donors (Lipinski definition) is 2. The minimum absolute atomic E-state index is 0.111. The van der Waals surface area contributed by atoms with Crippen molar-refractivity contribution in [2.24, 2.45) is 0 Å². The van der Waals surface area contributed by atoms with Crippen LogP contribution in [0.2, 0.25) is 0 Å². The average Bonchev–Trinajstić information content (AvgIpc) is 2.76. The summed E-state index contributed by atoms with van der Waals surface area (Å²) < 4.78 is 34.0. The number of hydrogen-bond acceptors (Lipinski definition) is 4. The van der Waals surface area contributed by atoms with Crippen molar-refractivity contribution in [3.8, 4) is 5.75 Å². The van der Waals surface area contributed by atoms with Crippen molar-refractivity contribution in [3.05, 3.63) is 83.4 Å². The summed E-state index contributed by atoms with van der Waals surface area (Å²) in [5.74, 6) is 0.369. The highest BCUT2D eigenvalue weighted by Crippen LogP contribution is 2.23. The highest BCUT2D eigenvalue weighted by atomic mass is 32.2. The number of rotatable bonds is 8. The third-order valence-corrected chi connectivity index (χ3v) is 6.48. The van der Waals surface area contributed by atoms with Gasteiger partial charge in [-0.2, -0.15) is 0 Å². The molecule has 0 spiro atoms. The van der Waals surface area contributed by atoms with Crippen LogP contribution in [0.15, 0.2) is 71.6 Å². The van der Waals surface area contributed by atoms with Crippen LogP contribution < -0.4 is 14.8 Å². The number of anilines is 2. The Labute approximate surface area is 189 Å². The molecule has 1 atom stereocenters. The molecule has 7 heteroatoms. The van der Waals surface area contributed by atoms with Gasteiger partial charge in [-0.05, 0) is 80.3 Å². The smallest absolute Gasteiger partial charge is 0.265 e. The summed E-state index contributed by atoms with van der Waals surface area (Å²) in [4.78, 5) is 12.8. The summed E-state index contributed by atoms with van der Waals surface area (Å²) in [6, 6.07) is 19.2. The summed E-state index contributed by atoms with van der Waals surface area (Å²) in [5.41, 5.74) is 3.78. The van der Waals surface area contributed by atoms with Gasteiger partial charge in [0.15, 0.2) is 6.10 Å². The fraction of sp³-hybridized carbons (Fsp3) is 0.240. The number of amides is 1. The Kier molecular flexibility index (Phi) is 7.20. The van der Waals surface area contributed by atoms with E-state index in [1.807, 2.05) is 64.1 Å². The molecule has 0 saturated heterocycles. The van der Waals surface area contributed by atoms with Gasteiger partial charge in [0, 0.05) is 5.69 Å². The fourth-order valence-electron chi connectivity index (χ4n) is 3.15. The molecule has 32 heavy (non-hydrogen) atoms. The van der Waals surface area contributed by atoms with Crippen LogP contribution in [0.3, 0.4) is 0 Å². The highest BCUT2D eigenvalue weighted by Gasteiger charge is 2.20. The maximum atomic E-state index is 12.8. The molecule has 0 aliphatic heterocycles. The maximum absolute atomic E-state index is 12.8. The van der Waals surface area contributed by atoms with E-state index in [0.717, 1.165) is 16.7 Å². The Morgan fingerprint density at radius 2 is 1.62 bits per heavy atom. The minimum atomic E-state index is -3.75. The molecule has 3 aromatic rings. The van der Waals surface area contributed by atoms with Crippen molar-refractivity contribution in [2.75, 3.05) is 10.0 Å². The SMILES string of the molecule is CCC(Oc1ccccc1C)C(=O)Nc1ccc(S(=O)(=O)Nc2cc(C)ccc2C)cc1. The lowest BCUT2D eigenvalue weighted by atomic mass is 10.1. The Bertz CT molecular complexity index is 1200. The predicted octanol–water partition coefficient (Wildman–Crippen LogP) is 5.21. The minimum Gasteiger partial charge on any atom is -0.480 e. The van der Waals surface area contributed by atoms with Crippen molar-refractivity contribution in [1.82, 2.24) is 0 Å². The zero-order valence-electron chi connectivity index (χ0n) is 18.7. The first-order valence-electron chi connectivity index (χ1n) is 10.4. The van der Waals surface area contributed by atoms with E-state index >= 15 is 0 Å². The van der Waals surface area contributed by atoms with Crippen LogP contribution in [0.1, 0.15) is 30.0 Å². The summed E-state index contributed by atoms with van der Waals surface area (Å²) in [5, 5.41) is 2.80. The van der Waals surface area contributed by atoms with Gasteiger partial charge in [-0.15, -0.1) is 0 Å². The zero-order valence-corrected chi connectivity index (χ0v) is 19.5. The number of aryl methyl sites for hydroxylation is 3. The van der Waals surface area contributed by atoms with Crippen molar-refractivity contribution in [2.45, 2.75) is 45.1 Å². The number of benzene rings is 3. The fourth-order valence-corrected chi connectivity index (χ4v) is 4.28. The van der Waals surface area contributed by atoms with E-state index in [2.05, 4.69) is 10.0 Å². The molecule has 0 fully saturated rings. The molecule has 0 aromatic heterocycles. The van der Waals surface area contributed by atoms with E-state index in [1.165, 1.54) is 12.1 Å². The summed E-state index contributed by atoms with van der Waals surface area (Å²) in [6.07, 6.45) is -0.169. The second-order valence-corrected chi connectivity index (χ2v) is 9.40. The second kappa shape index (κ2) is 9.87. The molecular formula is C25H28N2O4S. The monoisotopic (exact) mass is 452 g/mol. The second-order valence-electron chi connectivity index (χ2n) is 7.72. The van der Waals surface area contributed by atoms with Crippen molar-refractivity contribution in [1.29, 1.82) is 0 Å². The van der Waals surface area contributed by atoms with Gasteiger partial charge in [0.25, 0.3) is 15.9 Å². The summed E-state index contributed by atoms with van der Waals surface area (Å²) in [7, 11) is -3.75. The number of carbonyl (C=O) groups excluding carboxylic acids is 1. The van der Waals surface area contributed by atoms with Crippen LogP contribution in [0, 0.1) is 20.8 Å². The van der Waals surface area contributed by atoms with E-state index < -0.39 is 16.1 Å². The molecule has 0 aliphatic carbocycles. The number of nitrogens with one attached hydrogen (secondary N) is 2. The van der Waals surface area contributed by atoms with Crippen molar-refractivity contribution >= 4 is 27.3 Å². The Morgan fingerprint density at radius 3 is 2.28 bits per heavy atom. The van der Waals surface area contributed by atoms with Crippen LogP contribution in [0.4, 0.5) is 11.4 Å². The Balaban J connectivity index is 1.70. The van der Waals surface area contributed by atoms with E-state index in [0.29, 0.717) is 23.5 Å². The van der Waals surface area contributed by atoms with Crippen molar-refractivity contribution < 1.29 is 17.9 Å². The van der Waals surface area contributed by atoms with Gasteiger partial charge in [0.05, 0.1) is 10.6 Å². The first kappa shape index (κ1) is 23.3. The van der Waals surface area contributed by atoms with Crippen molar-refractivity contribution in [3.63, 3.8) is 0 Å². The van der Waals surface area contributed by atoms with Crippen LogP contribution in [0.25, 0.3) is 0 Å². The average molecular weight is 453 g/mol. The summed E-state index contributed by atoms with van der Waals surface area (Å²) in [6.45, 7) is 7.54. The van der Waals surface area contributed by atoms with Crippen LogP contribution in [-0.2, 0) is 14.8 Å². The van der Waals surface area contributed by atoms with Gasteiger partial charge >= 0.3 is 0 Å². The van der Waals surface area contributed by atoms with Gasteiger partial charge in [-0.1, -0.05) is 37.3 Å². The number of sulfonamides is 1. The quantitative estimate of drug-likeness (QED) is 0.491. The lowest BCUT2D eigenvalue weighted by Gasteiger charge is -2.18. The number of carbonyl (C=O) groups is 1. The van der Waals surface area contributed by atoms with Gasteiger partial charge in [0.2, 0.25) is 0 Å². The highest BCUT2D eigenvalue weighted by molar-refractivity contribution is 7.92. The normalized spacial score (nSPS) is 12.1. The standard InChI is InChI=1S/C25H28N2O4S/c1-5-23(31-24-9-7-6-8-19(24)4)25(28)26-20-12-14-21(15-13-20)32(29,30)27-22-16-17(2)10-11-18(22)3/h6-16,23,27H,5H2,1-4H3,(H,26,28). The molecule has 0 saturated carbocycles. The van der Waals surface area contributed by atoms with E-state index in [1.54, 1.807) is 18.2 Å². The molecule has 168 valence electrons. The van der Waals surface area contributed by atoms with E-state index in [-0.39, 0.29) is 10.8 Å². The van der Waals surface area contributed by atoms with Gasteiger partial charge in [-0.3, -0.25) is 9.52 Å². The zero-order chi connectivity index (χ0) is 23.3. The first-order valence-corrected chi connectivity index (χ1v) is 11.9. The molecule has 6 nitrogen and oxygen atoms in total. The molecule has 0 aliphatic rings. The lowest BCUT2D eigenvalue weighted by Crippen LogP contribution is -2.32. The first-order chi connectivity index (χ1) is 15.2. The Hall–Kier alpha value is -3.32. The third-order valence-electron chi connectivity index (χ3n) is 5.10. The van der Waals surface area contributed by atoms with E-state index in [4.69, 9.17) is 4.74 Å². The van der Waals surface area contributed by atoms with Crippen LogP contribution in [0.5, 0.6) is 5.75 Å². The van der Waals surface area contributed by atoms with Gasteiger partial charge in [0.1, 0.15) is 5.75 Å². The largest absolute Gasteiger partial charge is 0.480 e. The van der Waals surface area contributed by atoms with Gasteiger partial charge in [-0.25, -0.2) is 8.42 Å². The molecule has 3 rings (SSSR count). The molecule has 3 aromatic carbocycles. The molecule has 2 N–H and O–H groups in total. The maximum Gasteiger partial charge on any atom is 0.265 e. The molecule has 0 bridgehead atoms. The number of para-hydroxylation sites is 1. The third kappa shape index (κ3) is 5.68. The Morgan fingerprint density at radius 1 is 0.938 bits per heavy atom. The van der Waals surface area contributed by atoms with Crippen LogP contribution >= 0.6 is 0 Å².